The van der Waals surface area contributed by atoms with Crippen molar-refractivity contribution in [2.45, 2.75) is 26.5 Å². The van der Waals surface area contributed by atoms with Gasteiger partial charge in [0, 0.05) is 18.0 Å². The molecule has 0 aliphatic carbocycles. The quantitative estimate of drug-likeness (QED) is 0.649. The van der Waals surface area contributed by atoms with Crippen molar-refractivity contribution in [1.82, 2.24) is 14.7 Å². The van der Waals surface area contributed by atoms with Gasteiger partial charge in [-0.15, -0.1) is 0 Å². The molecule has 0 spiro atoms. The van der Waals surface area contributed by atoms with E-state index in [0.717, 1.165) is 11.3 Å². The van der Waals surface area contributed by atoms with Gasteiger partial charge in [-0.3, -0.25) is 4.79 Å². The lowest BCUT2D eigenvalue weighted by Gasteiger charge is -2.13. The zero-order valence-electron chi connectivity index (χ0n) is 15.2. The van der Waals surface area contributed by atoms with E-state index in [0.29, 0.717) is 11.3 Å². The monoisotopic (exact) mass is 367 g/mol. The molecule has 1 N–H and O–H groups in total. The molecule has 0 saturated carbocycles. The molecule has 27 heavy (non-hydrogen) atoms. The summed E-state index contributed by atoms with van der Waals surface area (Å²) >= 11 is 0. The number of hydrogen-bond acceptors (Lipinski definition) is 5. The van der Waals surface area contributed by atoms with E-state index in [1.54, 1.807) is 38.1 Å². The number of fused-ring (bicyclic) bond motifs is 1. The Morgan fingerprint density at radius 1 is 1.22 bits per heavy atom. The second-order valence-corrected chi connectivity index (χ2v) is 5.96. The molecule has 3 aromatic rings. The standard InChI is InChI=1S/C20H21N3O4/c1-3-26-20(25)14(2)21-19(24)15-7-6-8-17(11-15)27-13-16-12-23-10-5-4-9-18(23)22-16/h4-12,14H,3,13H2,1-2H3,(H,21,24)/t14-/m1/s1. The SMILES string of the molecule is CCOC(=O)[C@@H](C)NC(=O)c1cccc(OCc2cn3ccccc3n2)c1. The summed E-state index contributed by atoms with van der Waals surface area (Å²) < 4.78 is 12.6. The zero-order valence-corrected chi connectivity index (χ0v) is 15.2. The van der Waals surface area contributed by atoms with Crippen molar-refractivity contribution in [2.24, 2.45) is 0 Å². The van der Waals surface area contributed by atoms with Gasteiger partial charge in [-0.05, 0) is 44.2 Å². The largest absolute Gasteiger partial charge is 0.487 e. The maximum absolute atomic E-state index is 12.3. The summed E-state index contributed by atoms with van der Waals surface area (Å²) in [6, 6.07) is 11.8. The Kier molecular flexibility index (Phi) is 5.71. The van der Waals surface area contributed by atoms with Crippen LogP contribution in [0.2, 0.25) is 0 Å². The van der Waals surface area contributed by atoms with Crippen LogP contribution >= 0.6 is 0 Å². The number of carbonyl (C=O) groups excluding carboxylic acids is 2. The van der Waals surface area contributed by atoms with Crippen LogP contribution in [0.25, 0.3) is 5.65 Å². The summed E-state index contributed by atoms with van der Waals surface area (Å²) in [4.78, 5) is 28.4. The van der Waals surface area contributed by atoms with E-state index in [4.69, 9.17) is 9.47 Å². The third-order valence-electron chi connectivity index (χ3n) is 3.88. The number of ether oxygens (including phenoxy) is 2. The first-order valence-electron chi connectivity index (χ1n) is 8.70. The molecular formula is C20H21N3O4. The molecule has 7 nitrogen and oxygen atoms in total. The van der Waals surface area contributed by atoms with Gasteiger partial charge < -0.3 is 19.2 Å². The van der Waals surface area contributed by atoms with Crippen molar-refractivity contribution in [2.75, 3.05) is 6.61 Å². The third-order valence-corrected chi connectivity index (χ3v) is 3.88. The molecule has 0 saturated heterocycles. The molecule has 7 heteroatoms. The number of hydrogen-bond donors (Lipinski definition) is 1. The van der Waals surface area contributed by atoms with Gasteiger partial charge >= 0.3 is 5.97 Å². The highest BCUT2D eigenvalue weighted by molar-refractivity contribution is 5.97. The molecular weight excluding hydrogens is 346 g/mol. The summed E-state index contributed by atoms with van der Waals surface area (Å²) in [7, 11) is 0. The molecule has 140 valence electrons. The van der Waals surface area contributed by atoms with Crippen molar-refractivity contribution >= 4 is 17.5 Å². The van der Waals surface area contributed by atoms with E-state index in [1.807, 2.05) is 35.0 Å². The third kappa shape index (κ3) is 4.63. The summed E-state index contributed by atoms with van der Waals surface area (Å²) in [6.07, 6.45) is 3.81. The fourth-order valence-electron chi connectivity index (χ4n) is 2.55. The Bertz CT molecular complexity index is 918. The fourth-order valence-corrected chi connectivity index (χ4v) is 2.55. The van der Waals surface area contributed by atoms with Crippen LogP contribution in [-0.4, -0.2) is 33.9 Å². The molecule has 1 aromatic carbocycles. The average Bonchev–Trinajstić information content (AvgIpc) is 3.09. The predicted octanol–water partition coefficient (Wildman–Crippen LogP) is 2.59. The smallest absolute Gasteiger partial charge is 0.328 e. The van der Waals surface area contributed by atoms with E-state index in [-0.39, 0.29) is 19.1 Å². The first kappa shape index (κ1) is 18.4. The van der Waals surface area contributed by atoms with E-state index in [2.05, 4.69) is 10.3 Å². The number of esters is 1. The van der Waals surface area contributed by atoms with Crippen LogP contribution in [0, 0.1) is 0 Å². The van der Waals surface area contributed by atoms with Gasteiger partial charge in [0.15, 0.2) is 0 Å². The molecule has 2 heterocycles. The Labute approximate surface area is 156 Å². The Morgan fingerprint density at radius 2 is 2.07 bits per heavy atom. The normalized spacial score (nSPS) is 11.8. The molecule has 1 amide bonds. The van der Waals surface area contributed by atoms with Gasteiger partial charge in [-0.25, -0.2) is 9.78 Å². The first-order chi connectivity index (χ1) is 13.1. The van der Waals surface area contributed by atoms with Gasteiger partial charge in [0.25, 0.3) is 5.91 Å². The molecule has 0 radical (unpaired) electrons. The van der Waals surface area contributed by atoms with Gasteiger partial charge in [0.2, 0.25) is 0 Å². The van der Waals surface area contributed by atoms with Crippen LogP contribution in [0.15, 0.2) is 54.9 Å². The molecule has 0 fully saturated rings. The maximum atomic E-state index is 12.3. The summed E-state index contributed by atoms with van der Waals surface area (Å²) in [5.74, 6) is -0.290. The highest BCUT2D eigenvalue weighted by Crippen LogP contribution is 2.16. The Balaban J connectivity index is 1.62. The lowest BCUT2D eigenvalue weighted by atomic mass is 10.2. The lowest BCUT2D eigenvalue weighted by molar-refractivity contribution is -0.144. The number of nitrogens with one attached hydrogen (secondary N) is 1. The highest BCUT2D eigenvalue weighted by atomic mass is 16.5. The van der Waals surface area contributed by atoms with Crippen molar-refractivity contribution in [3.63, 3.8) is 0 Å². The van der Waals surface area contributed by atoms with Crippen LogP contribution < -0.4 is 10.1 Å². The van der Waals surface area contributed by atoms with Crippen LogP contribution in [-0.2, 0) is 16.1 Å². The molecule has 0 bridgehead atoms. The number of pyridine rings is 1. The number of imidazole rings is 1. The van der Waals surface area contributed by atoms with Gasteiger partial charge in [-0.1, -0.05) is 12.1 Å². The van der Waals surface area contributed by atoms with Crippen molar-refractivity contribution in [1.29, 1.82) is 0 Å². The Hall–Kier alpha value is -3.35. The van der Waals surface area contributed by atoms with Gasteiger partial charge in [0.1, 0.15) is 24.0 Å². The number of aromatic nitrogens is 2. The molecule has 0 aliphatic rings. The minimum atomic E-state index is -0.722. The summed E-state index contributed by atoms with van der Waals surface area (Å²) in [5, 5.41) is 2.61. The second kappa shape index (κ2) is 8.35. The van der Waals surface area contributed by atoms with Crippen molar-refractivity contribution in [3.8, 4) is 5.75 Å². The van der Waals surface area contributed by atoms with Crippen molar-refractivity contribution < 1.29 is 19.1 Å². The first-order valence-corrected chi connectivity index (χ1v) is 8.70. The van der Waals surface area contributed by atoms with E-state index < -0.39 is 12.0 Å². The number of benzene rings is 1. The van der Waals surface area contributed by atoms with Gasteiger partial charge in [-0.2, -0.15) is 0 Å². The van der Waals surface area contributed by atoms with Crippen LogP contribution in [0.5, 0.6) is 5.75 Å². The number of amides is 1. The Morgan fingerprint density at radius 3 is 2.85 bits per heavy atom. The number of nitrogens with zero attached hydrogens (tertiary/aromatic N) is 2. The minimum Gasteiger partial charge on any atom is -0.487 e. The van der Waals surface area contributed by atoms with Crippen LogP contribution in [0.3, 0.4) is 0 Å². The molecule has 2 aromatic heterocycles. The van der Waals surface area contributed by atoms with E-state index in [9.17, 15) is 9.59 Å². The van der Waals surface area contributed by atoms with E-state index in [1.165, 1.54) is 0 Å². The van der Waals surface area contributed by atoms with Gasteiger partial charge in [0.05, 0.1) is 12.3 Å². The predicted molar refractivity (Wildman–Crippen MR) is 99.5 cm³/mol. The number of rotatable bonds is 7. The fraction of sp³-hybridized carbons (Fsp3) is 0.250. The molecule has 0 unspecified atom stereocenters. The minimum absolute atomic E-state index is 0.269. The van der Waals surface area contributed by atoms with Crippen molar-refractivity contribution in [3.05, 3.63) is 66.1 Å². The van der Waals surface area contributed by atoms with E-state index >= 15 is 0 Å². The number of carbonyl (C=O) groups is 2. The summed E-state index contributed by atoms with van der Waals surface area (Å²) in [5.41, 5.74) is 2.03. The average molecular weight is 367 g/mol. The maximum Gasteiger partial charge on any atom is 0.328 e. The molecule has 3 rings (SSSR count). The molecule has 0 aliphatic heterocycles. The zero-order chi connectivity index (χ0) is 19.2. The second-order valence-electron chi connectivity index (χ2n) is 5.96. The lowest BCUT2D eigenvalue weighted by Crippen LogP contribution is -2.39. The highest BCUT2D eigenvalue weighted by Gasteiger charge is 2.17. The van der Waals surface area contributed by atoms with Crippen LogP contribution in [0.4, 0.5) is 0 Å². The molecule has 1 atom stereocenters. The topological polar surface area (TPSA) is 81.9 Å². The summed E-state index contributed by atoms with van der Waals surface area (Å²) in [6.45, 7) is 3.85. The van der Waals surface area contributed by atoms with Crippen LogP contribution in [0.1, 0.15) is 29.9 Å².